The van der Waals surface area contributed by atoms with Gasteiger partial charge in [-0.05, 0) is 42.9 Å². The zero-order valence-corrected chi connectivity index (χ0v) is 16.4. The molecule has 0 radical (unpaired) electrons. The van der Waals surface area contributed by atoms with E-state index >= 15 is 0 Å². The van der Waals surface area contributed by atoms with E-state index in [-0.39, 0.29) is 30.1 Å². The Hall–Kier alpha value is -1.59. The average molecular weight is 368 g/mol. The molecule has 1 aromatic carbocycles. The highest BCUT2D eigenvalue weighted by Crippen LogP contribution is 2.24. The minimum Gasteiger partial charge on any atom is -0.338 e. The number of nitrogens with two attached hydrogens (primary N) is 1. The summed E-state index contributed by atoms with van der Waals surface area (Å²) in [6, 6.07) is 5.50. The topological polar surface area (TPSA) is 75.4 Å². The van der Waals surface area contributed by atoms with Crippen LogP contribution in [0.1, 0.15) is 43.1 Å². The van der Waals surface area contributed by atoms with Crippen LogP contribution in [-0.4, -0.2) is 36.3 Å². The quantitative estimate of drug-likeness (QED) is 0.858. The van der Waals surface area contributed by atoms with E-state index in [0.29, 0.717) is 29.6 Å². The van der Waals surface area contributed by atoms with Crippen LogP contribution in [0.4, 0.5) is 5.69 Å². The van der Waals surface area contributed by atoms with Gasteiger partial charge < -0.3 is 16.0 Å². The third-order valence-electron chi connectivity index (χ3n) is 4.70. The number of benzene rings is 1. The third-order valence-corrected chi connectivity index (χ3v) is 4.70. The van der Waals surface area contributed by atoms with Crippen LogP contribution in [0.15, 0.2) is 18.2 Å². The Morgan fingerprint density at radius 1 is 1.28 bits per heavy atom. The number of rotatable bonds is 4. The Balaban J connectivity index is 0.00000312. The Labute approximate surface area is 156 Å². The number of hydrogen-bond donors (Lipinski definition) is 2. The van der Waals surface area contributed by atoms with Gasteiger partial charge in [0.2, 0.25) is 5.91 Å². The molecule has 0 saturated carbocycles. The molecule has 0 aromatic heterocycles. The smallest absolute Gasteiger partial charge is 0.253 e. The molecule has 3 atom stereocenters. The molecule has 0 aliphatic carbocycles. The standard InChI is InChI=1S/C19H29N3O2.ClH/c1-12-7-13(2)11-22(10-12)19(24)16-6-5-14(3)17(8-16)21-18(23)15(4)9-20;/h5-6,8,12-13,15H,7,9-11,20H2,1-4H3,(H,21,23);1H. The fourth-order valence-corrected chi connectivity index (χ4v) is 3.26. The van der Waals surface area contributed by atoms with Gasteiger partial charge in [0.15, 0.2) is 0 Å². The summed E-state index contributed by atoms with van der Waals surface area (Å²) in [4.78, 5) is 26.8. The van der Waals surface area contributed by atoms with Crippen molar-refractivity contribution in [2.75, 3.05) is 25.0 Å². The minimum atomic E-state index is -0.257. The summed E-state index contributed by atoms with van der Waals surface area (Å²) < 4.78 is 0. The van der Waals surface area contributed by atoms with E-state index in [2.05, 4.69) is 19.2 Å². The van der Waals surface area contributed by atoms with Crippen LogP contribution >= 0.6 is 12.4 Å². The van der Waals surface area contributed by atoms with Gasteiger partial charge in [-0.25, -0.2) is 0 Å². The molecule has 0 bridgehead atoms. The van der Waals surface area contributed by atoms with Crippen molar-refractivity contribution in [2.45, 2.75) is 34.1 Å². The number of nitrogens with one attached hydrogen (secondary N) is 1. The zero-order valence-electron chi connectivity index (χ0n) is 15.5. The fourth-order valence-electron chi connectivity index (χ4n) is 3.26. The van der Waals surface area contributed by atoms with Gasteiger partial charge in [-0.3, -0.25) is 9.59 Å². The molecule has 2 amide bonds. The first-order valence-electron chi connectivity index (χ1n) is 8.72. The SMILES string of the molecule is Cc1ccc(C(=O)N2CC(C)CC(C)C2)cc1NC(=O)C(C)CN.Cl. The first kappa shape index (κ1) is 21.5. The Morgan fingerprint density at radius 3 is 2.44 bits per heavy atom. The molecule has 1 aromatic rings. The maximum absolute atomic E-state index is 12.8. The van der Waals surface area contributed by atoms with Crippen LogP contribution in [0, 0.1) is 24.7 Å². The number of halogens is 1. The molecular weight excluding hydrogens is 338 g/mol. The molecular formula is C19H30ClN3O2. The van der Waals surface area contributed by atoms with Gasteiger partial charge in [-0.15, -0.1) is 12.4 Å². The zero-order chi connectivity index (χ0) is 17.9. The highest BCUT2D eigenvalue weighted by Gasteiger charge is 2.26. The van der Waals surface area contributed by atoms with E-state index < -0.39 is 0 Å². The number of carbonyl (C=O) groups excluding carboxylic acids is 2. The van der Waals surface area contributed by atoms with E-state index in [0.717, 1.165) is 25.1 Å². The highest BCUT2D eigenvalue weighted by molar-refractivity contribution is 5.98. The van der Waals surface area contributed by atoms with Crippen molar-refractivity contribution in [2.24, 2.45) is 23.5 Å². The van der Waals surface area contributed by atoms with Gasteiger partial charge >= 0.3 is 0 Å². The lowest BCUT2D eigenvalue weighted by atomic mass is 9.91. The summed E-state index contributed by atoms with van der Waals surface area (Å²) in [7, 11) is 0. The predicted octanol–water partition coefficient (Wildman–Crippen LogP) is 3.07. The van der Waals surface area contributed by atoms with Crippen molar-refractivity contribution in [3.05, 3.63) is 29.3 Å². The van der Waals surface area contributed by atoms with Gasteiger partial charge in [0.25, 0.3) is 5.91 Å². The second kappa shape index (κ2) is 9.20. The molecule has 3 N–H and O–H groups in total. The van der Waals surface area contributed by atoms with Crippen LogP contribution in [0.2, 0.25) is 0 Å². The van der Waals surface area contributed by atoms with E-state index in [1.165, 1.54) is 0 Å². The second-order valence-corrected chi connectivity index (χ2v) is 7.31. The monoisotopic (exact) mass is 367 g/mol. The third kappa shape index (κ3) is 5.44. The fraction of sp³-hybridized carbons (Fsp3) is 0.579. The molecule has 1 aliphatic rings. The van der Waals surface area contributed by atoms with Crippen LogP contribution in [0.3, 0.4) is 0 Å². The maximum Gasteiger partial charge on any atom is 0.253 e. The van der Waals surface area contributed by atoms with Crippen LogP contribution < -0.4 is 11.1 Å². The molecule has 25 heavy (non-hydrogen) atoms. The van der Waals surface area contributed by atoms with E-state index in [9.17, 15) is 9.59 Å². The summed E-state index contributed by atoms with van der Waals surface area (Å²) in [5, 5.41) is 2.89. The molecule has 6 heteroatoms. The molecule has 2 rings (SSSR count). The van der Waals surface area contributed by atoms with Gasteiger partial charge in [0.05, 0.1) is 0 Å². The number of hydrogen-bond acceptors (Lipinski definition) is 3. The van der Waals surface area contributed by atoms with Crippen molar-refractivity contribution < 1.29 is 9.59 Å². The Bertz CT molecular complexity index is 611. The number of carbonyl (C=O) groups is 2. The Morgan fingerprint density at radius 2 is 1.88 bits per heavy atom. The average Bonchev–Trinajstić information content (AvgIpc) is 2.54. The summed E-state index contributed by atoms with van der Waals surface area (Å²) >= 11 is 0. The van der Waals surface area contributed by atoms with Gasteiger partial charge in [-0.2, -0.15) is 0 Å². The van der Waals surface area contributed by atoms with Gasteiger partial charge in [-0.1, -0.05) is 26.8 Å². The Kier molecular flexibility index (Phi) is 7.90. The van der Waals surface area contributed by atoms with E-state index in [1.54, 1.807) is 13.0 Å². The molecule has 5 nitrogen and oxygen atoms in total. The van der Waals surface area contributed by atoms with E-state index in [4.69, 9.17) is 5.73 Å². The second-order valence-electron chi connectivity index (χ2n) is 7.31. The number of anilines is 1. The highest BCUT2D eigenvalue weighted by atomic mass is 35.5. The summed E-state index contributed by atoms with van der Waals surface area (Å²) in [6.45, 7) is 9.97. The maximum atomic E-state index is 12.8. The molecule has 140 valence electrons. The number of nitrogens with zero attached hydrogens (tertiary/aromatic N) is 1. The van der Waals surface area contributed by atoms with Crippen molar-refractivity contribution in [1.29, 1.82) is 0 Å². The lowest BCUT2D eigenvalue weighted by Crippen LogP contribution is -2.42. The van der Waals surface area contributed by atoms with E-state index in [1.807, 2.05) is 24.0 Å². The number of piperidine rings is 1. The molecule has 0 spiro atoms. The van der Waals surface area contributed by atoms with Gasteiger partial charge in [0, 0.05) is 36.8 Å². The first-order valence-corrected chi connectivity index (χ1v) is 8.72. The number of likely N-dealkylation sites (tertiary alicyclic amines) is 1. The predicted molar refractivity (Wildman–Crippen MR) is 104 cm³/mol. The van der Waals surface area contributed by atoms with Crippen molar-refractivity contribution in [3.63, 3.8) is 0 Å². The van der Waals surface area contributed by atoms with Crippen LogP contribution in [0.25, 0.3) is 0 Å². The van der Waals surface area contributed by atoms with Crippen molar-refractivity contribution in [1.82, 2.24) is 4.90 Å². The first-order chi connectivity index (χ1) is 11.3. The summed E-state index contributed by atoms with van der Waals surface area (Å²) in [5.41, 5.74) is 7.79. The largest absolute Gasteiger partial charge is 0.338 e. The number of aryl methyl sites for hydroxylation is 1. The van der Waals surface area contributed by atoms with Crippen molar-refractivity contribution >= 4 is 29.9 Å². The van der Waals surface area contributed by atoms with Crippen LogP contribution in [0.5, 0.6) is 0 Å². The summed E-state index contributed by atoms with van der Waals surface area (Å²) in [6.07, 6.45) is 1.16. The van der Waals surface area contributed by atoms with Gasteiger partial charge in [0.1, 0.15) is 0 Å². The lowest BCUT2D eigenvalue weighted by molar-refractivity contribution is -0.119. The van der Waals surface area contributed by atoms with Crippen LogP contribution in [-0.2, 0) is 4.79 Å². The minimum absolute atomic E-state index is 0. The lowest BCUT2D eigenvalue weighted by Gasteiger charge is -2.35. The molecule has 1 aliphatic heterocycles. The number of amides is 2. The molecule has 1 heterocycles. The molecule has 1 saturated heterocycles. The molecule has 1 fully saturated rings. The summed E-state index contributed by atoms with van der Waals surface area (Å²) in [5.74, 6) is 0.703. The molecule has 3 unspecified atom stereocenters. The normalized spacial score (nSPS) is 21.2. The van der Waals surface area contributed by atoms with Crippen molar-refractivity contribution in [3.8, 4) is 0 Å².